The van der Waals surface area contributed by atoms with Crippen molar-refractivity contribution in [2.24, 2.45) is 0 Å². The van der Waals surface area contributed by atoms with E-state index in [1.54, 1.807) is 12.1 Å². The Balaban J connectivity index is 2.24. The van der Waals surface area contributed by atoms with Gasteiger partial charge in [-0.1, -0.05) is 49.4 Å². The van der Waals surface area contributed by atoms with Gasteiger partial charge in [-0.25, -0.2) is 4.39 Å². The zero-order chi connectivity index (χ0) is 14.6. The van der Waals surface area contributed by atoms with Crippen LogP contribution in [0.3, 0.4) is 0 Å². The predicted octanol–water partition coefficient (Wildman–Crippen LogP) is 3.21. The molecule has 0 amide bonds. The molecule has 0 spiro atoms. The molecule has 1 atom stereocenters. The molecule has 0 bridgehead atoms. The minimum absolute atomic E-state index is 0.00973. The fourth-order valence-corrected chi connectivity index (χ4v) is 2.44. The van der Waals surface area contributed by atoms with Crippen LogP contribution in [-0.4, -0.2) is 25.3 Å². The Morgan fingerprint density at radius 1 is 1.05 bits per heavy atom. The second-order valence-electron chi connectivity index (χ2n) is 5.39. The molecule has 3 heteroatoms. The molecule has 106 valence electrons. The van der Waals surface area contributed by atoms with Crippen LogP contribution >= 0.6 is 0 Å². The van der Waals surface area contributed by atoms with Gasteiger partial charge in [0.15, 0.2) is 0 Å². The van der Waals surface area contributed by atoms with E-state index in [0.717, 1.165) is 5.56 Å². The van der Waals surface area contributed by atoms with Crippen LogP contribution < -0.4 is 4.90 Å². The van der Waals surface area contributed by atoms with E-state index in [1.165, 1.54) is 6.07 Å². The molecule has 1 N–H and O–H groups in total. The largest absolute Gasteiger partial charge is 0.395 e. The third-order valence-corrected chi connectivity index (χ3v) is 3.67. The fourth-order valence-electron chi connectivity index (χ4n) is 2.44. The van der Waals surface area contributed by atoms with Gasteiger partial charge in [0.05, 0.1) is 12.3 Å². The summed E-state index contributed by atoms with van der Waals surface area (Å²) in [5, 5.41) is 9.78. The Labute approximate surface area is 119 Å². The van der Waals surface area contributed by atoms with Gasteiger partial charge in [-0.15, -0.1) is 0 Å². The summed E-state index contributed by atoms with van der Waals surface area (Å²) < 4.78 is 13.8. The van der Waals surface area contributed by atoms with E-state index in [-0.39, 0.29) is 12.4 Å². The van der Waals surface area contributed by atoms with E-state index in [2.05, 4.69) is 0 Å². The lowest BCUT2D eigenvalue weighted by molar-refractivity contribution is 0.209. The SMILES string of the molecule is CN(CC(C)(CO)c1ccccc1)c1ccccc1F. The molecule has 0 saturated carbocycles. The van der Waals surface area contributed by atoms with E-state index in [9.17, 15) is 9.50 Å². The standard InChI is InChI=1S/C17H20FNO/c1-17(13-20,14-8-4-3-5-9-14)12-19(2)16-11-7-6-10-15(16)18/h3-11,20H,12-13H2,1-2H3. The van der Waals surface area contributed by atoms with E-state index in [0.29, 0.717) is 12.2 Å². The van der Waals surface area contributed by atoms with Crippen molar-refractivity contribution in [3.63, 3.8) is 0 Å². The third-order valence-electron chi connectivity index (χ3n) is 3.67. The molecule has 0 aliphatic heterocycles. The Hall–Kier alpha value is -1.87. The first kappa shape index (κ1) is 14.5. The van der Waals surface area contributed by atoms with E-state index < -0.39 is 5.41 Å². The van der Waals surface area contributed by atoms with Crippen molar-refractivity contribution in [3.05, 3.63) is 66.0 Å². The Kier molecular flexibility index (Phi) is 4.40. The number of anilines is 1. The van der Waals surface area contributed by atoms with E-state index >= 15 is 0 Å². The average molecular weight is 273 g/mol. The third kappa shape index (κ3) is 2.99. The maximum Gasteiger partial charge on any atom is 0.146 e. The number of nitrogens with zero attached hydrogens (tertiary/aromatic N) is 1. The molecule has 0 radical (unpaired) electrons. The van der Waals surface area contributed by atoms with Gasteiger partial charge in [0, 0.05) is 19.0 Å². The first-order valence-electron chi connectivity index (χ1n) is 6.69. The molecule has 0 aliphatic carbocycles. The molecule has 0 saturated heterocycles. The van der Waals surface area contributed by atoms with Crippen molar-refractivity contribution >= 4 is 5.69 Å². The number of para-hydroxylation sites is 1. The van der Waals surface area contributed by atoms with Crippen LogP contribution in [0.5, 0.6) is 0 Å². The van der Waals surface area contributed by atoms with Crippen LogP contribution in [0.4, 0.5) is 10.1 Å². The molecule has 2 aromatic rings. The normalized spacial score (nSPS) is 13.8. The lowest BCUT2D eigenvalue weighted by atomic mass is 9.82. The molecular formula is C17H20FNO. The van der Waals surface area contributed by atoms with E-state index in [1.807, 2.05) is 55.3 Å². The second-order valence-corrected chi connectivity index (χ2v) is 5.39. The monoisotopic (exact) mass is 273 g/mol. The molecule has 20 heavy (non-hydrogen) atoms. The number of halogens is 1. The fraction of sp³-hybridized carbons (Fsp3) is 0.294. The van der Waals surface area contributed by atoms with Crippen molar-refractivity contribution < 1.29 is 9.50 Å². The Bertz CT molecular complexity index is 558. The van der Waals surface area contributed by atoms with Crippen LogP contribution in [0.15, 0.2) is 54.6 Å². The molecule has 0 heterocycles. The smallest absolute Gasteiger partial charge is 0.146 e. The van der Waals surface area contributed by atoms with Crippen molar-refractivity contribution in [2.45, 2.75) is 12.3 Å². The number of hydrogen-bond donors (Lipinski definition) is 1. The van der Waals surface area contributed by atoms with Crippen LogP contribution in [-0.2, 0) is 5.41 Å². The summed E-state index contributed by atoms with van der Waals surface area (Å²) in [5.41, 5.74) is 1.16. The summed E-state index contributed by atoms with van der Waals surface area (Å²) >= 11 is 0. The van der Waals surface area contributed by atoms with Crippen molar-refractivity contribution in [1.29, 1.82) is 0 Å². The zero-order valence-electron chi connectivity index (χ0n) is 11.9. The quantitative estimate of drug-likeness (QED) is 0.904. The van der Waals surface area contributed by atoms with Crippen molar-refractivity contribution in [1.82, 2.24) is 0 Å². The lowest BCUT2D eigenvalue weighted by Gasteiger charge is -2.34. The van der Waals surface area contributed by atoms with Gasteiger partial charge in [0.25, 0.3) is 0 Å². The highest BCUT2D eigenvalue weighted by Gasteiger charge is 2.28. The minimum Gasteiger partial charge on any atom is -0.395 e. The van der Waals surface area contributed by atoms with Gasteiger partial charge in [0.1, 0.15) is 5.82 Å². The van der Waals surface area contributed by atoms with Crippen LogP contribution in [0.1, 0.15) is 12.5 Å². The molecule has 2 rings (SSSR count). The molecule has 2 nitrogen and oxygen atoms in total. The maximum atomic E-state index is 13.8. The number of rotatable bonds is 5. The lowest BCUT2D eigenvalue weighted by Crippen LogP contribution is -2.40. The molecule has 1 unspecified atom stereocenters. The molecule has 0 fully saturated rings. The van der Waals surface area contributed by atoms with Gasteiger partial charge in [0.2, 0.25) is 0 Å². The molecule has 0 aliphatic rings. The number of hydrogen-bond acceptors (Lipinski definition) is 2. The number of likely N-dealkylation sites (N-methyl/N-ethyl adjacent to an activating group) is 1. The number of aliphatic hydroxyl groups is 1. The summed E-state index contributed by atoms with van der Waals surface area (Å²) in [6.45, 7) is 2.53. The summed E-state index contributed by atoms with van der Waals surface area (Å²) in [6, 6.07) is 16.5. The average Bonchev–Trinajstić information content (AvgIpc) is 2.48. The van der Waals surface area contributed by atoms with Gasteiger partial charge in [-0.3, -0.25) is 0 Å². The topological polar surface area (TPSA) is 23.5 Å². The van der Waals surface area contributed by atoms with E-state index in [4.69, 9.17) is 0 Å². The Morgan fingerprint density at radius 2 is 1.65 bits per heavy atom. The maximum absolute atomic E-state index is 13.8. The summed E-state index contributed by atoms with van der Waals surface area (Å²) in [4.78, 5) is 1.85. The van der Waals surface area contributed by atoms with Gasteiger partial charge in [-0.05, 0) is 17.7 Å². The van der Waals surface area contributed by atoms with Crippen molar-refractivity contribution in [3.8, 4) is 0 Å². The van der Waals surface area contributed by atoms with Crippen LogP contribution in [0.2, 0.25) is 0 Å². The number of benzene rings is 2. The van der Waals surface area contributed by atoms with Crippen molar-refractivity contribution in [2.75, 3.05) is 25.1 Å². The Morgan fingerprint density at radius 3 is 2.25 bits per heavy atom. The highest BCUT2D eigenvalue weighted by atomic mass is 19.1. The summed E-state index contributed by atoms with van der Waals surface area (Å²) in [7, 11) is 1.84. The first-order valence-corrected chi connectivity index (χ1v) is 6.69. The zero-order valence-corrected chi connectivity index (χ0v) is 11.9. The van der Waals surface area contributed by atoms with Crippen LogP contribution in [0.25, 0.3) is 0 Å². The molecular weight excluding hydrogens is 253 g/mol. The molecule has 2 aromatic carbocycles. The second kappa shape index (κ2) is 6.06. The van der Waals surface area contributed by atoms with Gasteiger partial charge < -0.3 is 10.0 Å². The van der Waals surface area contributed by atoms with Crippen LogP contribution in [0, 0.1) is 5.82 Å². The highest BCUT2D eigenvalue weighted by molar-refractivity contribution is 5.48. The number of aliphatic hydroxyl groups excluding tert-OH is 1. The van der Waals surface area contributed by atoms with Gasteiger partial charge >= 0.3 is 0 Å². The summed E-state index contributed by atoms with van der Waals surface area (Å²) in [6.07, 6.45) is 0. The predicted molar refractivity (Wildman–Crippen MR) is 80.5 cm³/mol. The molecule has 0 aromatic heterocycles. The first-order chi connectivity index (χ1) is 9.57. The van der Waals surface area contributed by atoms with Gasteiger partial charge in [-0.2, -0.15) is 0 Å². The minimum atomic E-state index is -0.432. The summed E-state index contributed by atoms with van der Waals surface area (Å²) in [5.74, 6) is -0.247. The highest BCUT2D eigenvalue weighted by Crippen LogP contribution is 2.27.